The average Bonchev–Trinajstić information content (AvgIpc) is 2.59. The van der Waals surface area contributed by atoms with Crippen molar-refractivity contribution in [2.24, 2.45) is 10.9 Å². The number of pyridine rings is 1. The maximum atomic E-state index is 5.80. The van der Waals surface area contributed by atoms with Gasteiger partial charge in [0.1, 0.15) is 0 Å². The van der Waals surface area contributed by atoms with E-state index in [9.17, 15) is 0 Å². The normalized spacial score (nSPS) is 19.6. The molecular formula is C20H23N3. The molecule has 3 nitrogen and oxygen atoms in total. The molecule has 1 aliphatic rings. The van der Waals surface area contributed by atoms with Gasteiger partial charge in [0.25, 0.3) is 0 Å². The number of nitrogens with two attached hydrogens (primary N) is 1. The summed E-state index contributed by atoms with van der Waals surface area (Å²) in [6.07, 6.45) is 9.48. The Morgan fingerprint density at radius 2 is 2.04 bits per heavy atom. The molecule has 1 aromatic heterocycles. The van der Waals surface area contributed by atoms with E-state index in [1.165, 1.54) is 24.0 Å². The van der Waals surface area contributed by atoms with E-state index in [4.69, 9.17) is 10.7 Å². The van der Waals surface area contributed by atoms with Crippen LogP contribution in [-0.2, 0) is 0 Å². The van der Waals surface area contributed by atoms with Crippen molar-refractivity contribution in [3.8, 4) is 0 Å². The predicted molar refractivity (Wildman–Crippen MR) is 97.5 cm³/mol. The number of allylic oxidation sites excluding steroid dienone is 1. The van der Waals surface area contributed by atoms with E-state index in [2.05, 4.69) is 36.2 Å². The molecule has 118 valence electrons. The van der Waals surface area contributed by atoms with Crippen LogP contribution in [0.5, 0.6) is 0 Å². The topological polar surface area (TPSA) is 51.3 Å². The molecule has 3 heteroatoms. The van der Waals surface area contributed by atoms with Crippen LogP contribution in [-0.4, -0.2) is 17.2 Å². The molecule has 2 aromatic rings. The van der Waals surface area contributed by atoms with Crippen molar-refractivity contribution in [1.82, 2.24) is 4.98 Å². The fourth-order valence-corrected chi connectivity index (χ4v) is 3.14. The fourth-order valence-electron chi connectivity index (χ4n) is 3.14. The zero-order valence-corrected chi connectivity index (χ0v) is 13.6. The maximum absolute atomic E-state index is 5.80. The Morgan fingerprint density at radius 1 is 1.22 bits per heavy atom. The minimum Gasteiger partial charge on any atom is -0.399 e. The largest absolute Gasteiger partial charge is 0.399 e. The Kier molecular flexibility index (Phi) is 4.86. The van der Waals surface area contributed by atoms with E-state index in [1.54, 1.807) is 6.20 Å². The van der Waals surface area contributed by atoms with Gasteiger partial charge in [-0.25, -0.2) is 0 Å². The standard InChI is InChI=1S/C20H23N3/c1-2-4-16-10-12-23-20(17-5-3-11-22-14-17)19(16)13-15-6-8-18(21)9-7-15/h3,5-9,11,13-14,16H,2,4,10,12,21H2,1H3/b19-13+/t16-/m1/s1. The molecule has 0 saturated heterocycles. The van der Waals surface area contributed by atoms with E-state index in [1.807, 2.05) is 24.4 Å². The zero-order valence-electron chi connectivity index (χ0n) is 13.6. The molecule has 1 aliphatic heterocycles. The van der Waals surface area contributed by atoms with Crippen LogP contribution in [0.15, 0.2) is 59.4 Å². The highest BCUT2D eigenvalue weighted by atomic mass is 14.8. The summed E-state index contributed by atoms with van der Waals surface area (Å²) in [4.78, 5) is 9.07. The van der Waals surface area contributed by atoms with Gasteiger partial charge in [-0.05, 0) is 60.2 Å². The second-order valence-corrected chi connectivity index (χ2v) is 6.01. The van der Waals surface area contributed by atoms with Crippen LogP contribution in [0.1, 0.15) is 37.3 Å². The van der Waals surface area contributed by atoms with E-state index < -0.39 is 0 Å². The highest BCUT2D eigenvalue weighted by molar-refractivity contribution is 6.15. The lowest BCUT2D eigenvalue weighted by molar-refractivity contribution is 0.523. The Hall–Kier alpha value is -2.42. The summed E-state index contributed by atoms with van der Waals surface area (Å²) in [6.45, 7) is 3.14. The van der Waals surface area contributed by atoms with E-state index in [-0.39, 0.29) is 0 Å². The zero-order chi connectivity index (χ0) is 16.1. The SMILES string of the molecule is CCC[C@@H]1CCN=C(c2cccnc2)/C1=C/c1ccc(N)cc1. The molecule has 0 bridgehead atoms. The maximum Gasteiger partial charge on any atom is 0.0697 e. The summed E-state index contributed by atoms with van der Waals surface area (Å²) in [7, 11) is 0. The number of aliphatic imine (C=N–C) groups is 1. The lowest BCUT2D eigenvalue weighted by atomic mass is 9.83. The average molecular weight is 305 g/mol. The number of aromatic nitrogens is 1. The van der Waals surface area contributed by atoms with Gasteiger partial charge in [0.05, 0.1) is 5.71 Å². The van der Waals surface area contributed by atoms with Crippen molar-refractivity contribution in [3.63, 3.8) is 0 Å². The molecular weight excluding hydrogens is 282 g/mol. The number of anilines is 1. The third-order valence-corrected chi connectivity index (χ3v) is 4.29. The predicted octanol–water partition coefficient (Wildman–Crippen LogP) is 4.36. The number of nitrogen functional groups attached to an aromatic ring is 1. The summed E-state index contributed by atoms with van der Waals surface area (Å²) in [6, 6.07) is 12.1. The molecule has 0 unspecified atom stereocenters. The van der Waals surface area contributed by atoms with Gasteiger partial charge in [-0.1, -0.05) is 25.5 Å². The van der Waals surface area contributed by atoms with Gasteiger partial charge in [-0.3, -0.25) is 9.98 Å². The molecule has 1 atom stereocenters. The number of hydrogen-bond donors (Lipinski definition) is 1. The van der Waals surface area contributed by atoms with Gasteiger partial charge in [0.15, 0.2) is 0 Å². The third kappa shape index (κ3) is 3.67. The lowest BCUT2D eigenvalue weighted by Gasteiger charge is -2.26. The second-order valence-electron chi connectivity index (χ2n) is 6.01. The van der Waals surface area contributed by atoms with Crippen LogP contribution < -0.4 is 5.73 Å². The molecule has 2 heterocycles. The molecule has 0 fully saturated rings. The van der Waals surface area contributed by atoms with Crippen molar-refractivity contribution in [2.75, 3.05) is 12.3 Å². The summed E-state index contributed by atoms with van der Waals surface area (Å²) in [5, 5.41) is 0. The van der Waals surface area contributed by atoms with Crippen LogP contribution in [0, 0.1) is 5.92 Å². The van der Waals surface area contributed by atoms with Gasteiger partial charge in [0.2, 0.25) is 0 Å². The van der Waals surface area contributed by atoms with Crippen molar-refractivity contribution >= 4 is 17.5 Å². The third-order valence-electron chi connectivity index (χ3n) is 4.29. The van der Waals surface area contributed by atoms with Crippen LogP contribution in [0.25, 0.3) is 6.08 Å². The van der Waals surface area contributed by atoms with Crippen molar-refractivity contribution in [2.45, 2.75) is 26.2 Å². The number of rotatable bonds is 4. The minimum atomic E-state index is 0.560. The quantitative estimate of drug-likeness (QED) is 0.853. The van der Waals surface area contributed by atoms with E-state index in [0.717, 1.165) is 29.9 Å². The molecule has 0 amide bonds. The monoisotopic (exact) mass is 305 g/mol. The van der Waals surface area contributed by atoms with Gasteiger partial charge in [-0.2, -0.15) is 0 Å². The Labute approximate surface area is 138 Å². The Bertz CT molecular complexity index is 699. The second kappa shape index (κ2) is 7.23. The first-order valence-corrected chi connectivity index (χ1v) is 8.30. The first kappa shape index (κ1) is 15.5. The summed E-state index contributed by atoms with van der Waals surface area (Å²) in [5.41, 5.74) is 11.3. The van der Waals surface area contributed by atoms with Gasteiger partial charge >= 0.3 is 0 Å². The number of benzene rings is 1. The molecule has 3 rings (SSSR count). The summed E-state index contributed by atoms with van der Waals surface area (Å²) in [5.74, 6) is 0.560. The summed E-state index contributed by atoms with van der Waals surface area (Å²) < 4.78 is 0. The fraction of sp³-hybridized carbons (Fsp3) is 0.300. The van der Waals surface area contributed by atoms with Crippen molar-refractivity contribution in [3.05, 3.63) is 65.5 Å². The van der Waals surface area contributed by atoms with Crippen LogP contribution in [0.4, 0.5) is 5.69 Å². The molecule has 23 heavy (non-hydrogen) atoms. The van der Waals surface area contributed by atoms with Crippen molar-refractivity contribution < 1.29 is 0 Å². The molecule has 1 aromatic carbocycles. The number of hydrogen-bond acceptors (Lipinski definition) is 3. The van der Waals surface area contributed by atoms with Crippen LogP contribution >= 0.6 is 0 Å². The Balaban J connectivity index is 2.02. The van der Waals surface area contributed by atoms with Gasteiger partial charge < -0.3 is 5.73 Å². The van der Waals surface area contributed by atoms with Crippen LogP contribution in [0.2, 0.25) is 0 Å². The molecule has 2 N–H and O–H groups in total. The highest BCUT2D eigenvalue weighted by Crippen LogP contribution is 2.30. The van der Waals surface area contributed by atoms with Crippen LogP contribution in [0.3, 0.4) is 0 Å². The van der Waals surface area contributed by atoms with Crippen molar-refractivity contribution in [1.29, 1.82) is 0 Å². The first-order chi connectivity index (χ1) is 11.3. The lowest BCUT2D eigenvalue weighted by Crippen LogP contribution is -2.21. The smallest absolute Gasteiger partial charge is 0.0697 e. The van der Waals surface area contributed by atoms with Gasteiger partial charge in [-0.15, -0.1) is 0 Å². The van der Waals surface area contributed by atoms with E-state index in [0.29, 0.717) is 5.92 Å². The molecule has 0 spiro atoms. The Morgan fingerprint density at radius 3 is 2.74 bits per heavy atom. The number of nitrogens with zero attached hydrogens (tertiary/aromatic N) is 2. The molecule has 0 aliphatic carbocycles. The first-order valence-electron chi connectivity index (χ1n) is 8.30. The highest BCUT2D eigenvalue weighted by Gasteiger charge is 2.23. The summed E-state index contributed by atoms with van der Waals surface area (Å²) >= 11 is 0. The van der Waals surface area contributed by atoms with E-state index >= 15 is 0 Å². The minimum absolute atomic E-state index is 0.560. The molecule has 0 saturated carbocycles. The molecule has 0 radical (unpaired) electrons. The van der Waals surface area contributed by atoms with Gasteiger partial charge in [0, 0.05) is 30.2 Å².